The van der Waals surface area contributed by atoms with E-state index >= 15 is 0 Å². The summed E-state index contributed by atoms with van der Waals surface area (Å²) in [4.78, 5) is 64.4. The molecule has 4 fully saturated rings. The number of aliphatic hydroxyl groups is 1. The van der Waals surface area contributed by atoms with Gasteiger partial charge in [0.05, 0.1) is 11.5 Å². The van der Waals surface area contributed by atoms with Crippen LogP contribution in [-0.2, 0) is 38.2 Å². The lowest BCUT2D eigenvalue weighted by molar-refractivity contribution is -0.262. The van der Waals surface area contributed by atoms with Crippen LogP contribution in [0.25, 0.3) is 0 Å². The minimum atomic E-state index is -1.50. The number of ketones is 2. The maximum Gasteiger partial charge on any atom is 0.303 e. The molecule has 9 unspecified atom stereocenters. The third kappa shape index (κ3) is 3.33. The van der Waals surface area contributed by atoms with Gasteiger partial charge in [0.1, 0.15) is 12.2 Å². The lowest BCUT2D eigenvalue weighted by Crippen LogP contribution is -2.75. The summed E-state index contributed by atoms with van der Waals surface area (Å²) in [5, 5.41) is 11.6. The van der Waals surface area contributed by atoms with Gasteiger partial charge in [-0.2, -0.15) is 0 Å². The molecule has 4 saturated carbocycles. The van der Waals surface area contributed by atoms with E-state index in [1.165, 1.54) is 20.8 Å². The van der Waals surface area contributed by atoms with Gasteiger partial charge in [-0.3, -0.25) is 24.0 Å². The first-order valence-electron chi connectivity index (χ1n) is 12.1. The van der Waals surface area contributed by atoms with Crippen LogP contribution in [-0.4, -0.2) is 59.0 Å². The van der Waals surface area contributed by atoms with Crippen molar-refractivity contribution in [1.29, 1.82) is 0 Å². The van der Waals surface area contributed by atoms with Crippen molar-refractivity contribution < 1.29 is 43.3 Å². The van der Waals surface area contributed by atoms with Crippen LogP contribution in [0.1, 0.15) is 60.8 Å². The Bertz CT molecular complexity index is 1030. The van der Waals surface area contributed by atoms with Gasteiger partial charge in [0.15, 0.2) is 17.7 Å². The summed E-state index contributed by atoms with van der Waals surface area (Å²) in [5.74, 6) is -4.80. The third-order valence-electron chi connectivity index (χ3n) is 9.18. The molecular weight excluding hydrogens is 456 g/mol. The minimum absolute atomic E-state index is 0.0447. The van der Waals surface area contributed by atoms with Crippen molar-refractivity contribution in [2.75, 3.05) is 0 Å². The maximum absolute atomic E-state index is 14.3. The Labute approximate surface area is 204 Å². The van der Waals surface area contributed by atoms with Gasteiger partial charge in [-0.1, -0.05) is 27.4 Å². The Hall–Kier alpha value is -2.55. The van der Waals surface area contributed by atoms with Gasteiger partial charge in [-0.15, -0.1) is 0 Å². The number of hydrogen-bond acceptors (Lipinski definition) is 9. The van der Waals surface area contributed by atoms with Gasteiger partial charge in [0, 0.05) is 49.9 Å². The Kier molecular flexibility index (Phi) is 5.82. The summed E-state index contributed by atoms with van der Waals surface area (Å²) in [7, 11) is 0. The van der Waals surface area contributed by atoms with E-state index in [1.807, 2.05) is 0 Å². The number of Topliss-reactive ketones (excluding diaryl/α,β-unsaturated/α-hetero) is 2. The topological polar surface area (TPSA) is 133 Å². The molecule has 0 aromatic heterocycles. The molecule has 4 rings (SSSR count). The molecule has 192 valence electrons. The summed E-state index contributed by atoms with van der Waals surface area (Å²) in [6, 6.07) is 0. The number of rotatable bonds is 3. The van der Waals surface area contributed by atoms with Crippen molar-refractivity contribution in [3.05, 3.63) is 12.2 Å². The number of carbonyl (C=O) groups excluding carboxylic acids is 5. The van der Waals surface area contributed by atoms with E-state index in [0.717, 1.165) is 0 Å². The van der Waals surface area contributed by atoms with E-state index < -0.39 is 76.2 Å². The lowest BCUT2D eigenvalue weighted by atomic mass is 9.38. The molecule has 2 bridgehead atoms. The van der Waals surface area contributed by atoms with Crippen LogP contribution in [0.3, 0.4) is 0 Å². The van der Waals surface area contributed by atoms with E-state index in [-0.39, 0.29) is 24.5 Å². The Morgan fingerprint density at radius 1 is 0.943 bits per heavy atom. The normalized spacial score (nSPS) is 43.6. The highest BCUT2D eigenvalue weighted by Crippen LogP contribution is 2.71. The molecule has 35 heavy (non-hydrogen) atoms. The molecule has 9 atom stereocenters. The molecule has 0 saturated heterocycles. The van der Waals surface area contributed by atoms with Crippen LogP contribution < -0.4 is 0 Å². The lowest BCUT2D eigenvalue weighted by Gasteiger charge is -2.66. The standard InChI is InChI=1S/C26H34O9/c1-11-15-8-16(33-12(2)27)20-25(7)17(30)9-18(34-13(3)28)24(5,6)21(25)19(31)23(35-14(4)29)26(20,10-15)22(11)32/h15-18,20-21,23,30H,1,8-10H2,2-7H3. The van der Waals surface area contributed by atoms with E-state index in [2.05, 4.69) is 6.58 Å². The van der Waals surface area contributed by atoms with Crippen LogP contribution >= 0.6 is 0 Å². The Morgan fingerprint density at radius 2 is 1.51 bits per heavy atom. The highest BCUT2D eigenvalue weighted by molar-refractivity contribution is 6.08. The highest BCUT2D eigenvalue weighted by Gasteiger charge is 2.79. The number of aliphatic hydroxyl groups excluding tert-OH is 1. The van der Waals surface area contributed by atoms with E-state index in [1.54, 1.807) is 20.8 Å². The highest BCUT2D eigenvalue weighted by atomic mass is 16.6. The second kappa shape index (κ2) is 7.98. The minimum Gasteiger partial charge on any atom is -0.462 e. The van der Waals surface area contributed by atoms with E-state index in [9.17, 15) is 29.1 Å². The van der Waals surface area contributed by atoms with Crippen molar-refractivity contribution >= 4 is 29.5 Å². The smallest absolute Gasteiger partial charge is 0.303 e. The van der Waals surface area contributed by atoms with Crippen LogP contribution in [0.2, 0.25) is 0 Å². The number of fused-ring (bicyclic) bond motifs is 3. The fourth-order valence-corrected chi connectivity index (χ4v) is 8.16. The second-order valence-corrected chi connectivity index (χ2v) is 11.5. The molecule has 0 aliphatic heterocycles. The van der Waals surface area contributed by atoms with Crippen molar-refractivity contribution in [2.45, 2.75) is 85.2 Å². The zero-order chi connectivity index (χ0) is 26.2. The van der Waals surface area contributed by atoms with Crippen molar-refractivity contribution in [1.82, 2.24) is 0 Å². The van der Waals surface area contributed by atoms with E-state index in [4.69, 9.17) is 14.2 Å². The third-order valence-corrected chi connectivity index (χ3v) is 9.18. The van der Waals surface area contributed by atoms with Crippen LogP contribution in [0.15, 0.2) is 12.2 Å². The van der Waals surface area contributed by atoms with Gasteiger partial charge in [0.25, 0.3) is 0 Å². The molecule has 0 aromatic rings. The molecular formula is C26H34O9. The molecule has 0 heterocycles. The average molecular weight is 491 g/mol. The molecule has 0 radical (unpaired) electrons. The van der Waals surface area contributed by atoms with Crippen LogP contribution in [0, 0.1) is 34.0 Å². The number of carbonyl (C=O) groups is 5. The van der Waals surface area contributed by atoms with Crippen molar-refractivity contribution in [3.8, 4) is 0 Å². The first-order valence-corrected chi connectivity index (χ1v) is 12.1. The SMILES string of the molecule is C=C1C(=O)C23CC1CC(OC(C)=O)C2C1(C)C(O)CC(OC(C)=O)C(C)(C)C1C(=O)C3OC(C)=O. The summed E-state index contributed by atoms with van der Waals surface area (Å²) < 4.78 is 16.9. The molecule has 9 nitrogen and oxygen atoms in total. The zero-order valence-electron chi connectivity index (χ0n) is 21.1. The fraction of sp³-hybridized carbons (Fsp3) is 0.731. The van der Waals surface area contributed by atoms with Crippen molar-refractivity contribution in [3.63, 3.8) is 0 Å². The second-order valence-electron chi connectivity index (χ2n) is 11.5. The molecule has 9 heteroatoms. The molecule has 4 aliphatic carbocycles. The predicted molar refractivity (Wildman–Crippen MR) is 120 cm³/mol. The summed E-state index contributed by atoms with van der Waals surface area (Å²) >= 11 is 0. The Morgan fingerprint density at radius 3 is 2.06 bits per heavy atom. The summed E-state index contributed by atoms with van der Waals surface area (Å²) in [6.07, 6.45) is -3.60. The van der Waals surface area contributed by atoms with Gasteiger partial charge < -0.3 is 19.3 Å². The molecule has 1 spiro atoms. The number of ether oxygens (including phenoxy) is 3. The molecule has 4 aliphatic rings. The molecule has 1 N–H and O–H groups in total. The maximum atomic E-state index is 14.3. The Balaban J connectivity index is 1.99. The average Bonchev–Trinajstić information content (AvgIpc) is 2.90. The van der Waals surface area contributed by atoms with Crippen LogP contribution in [0.4, 0.5) is 0 Å². The van der Waals surface area contributed by atoms with Gasteiger partial charge >= 0.3 is 17.9 Å². The fourth-order valence-electron chi connectivity index (χ4n) is 8.16. The number of hydrogen-bond donors (Lipinski definition) is 1. The molecule has 0 amide bonds. The van der Waals surface area contributed by atoms with Crippen molar-refractivity contribution in [2.24, 2.45) is 34.0 Å². The predicted octanol–water partition coefficient (Wildman–Crippen LogP) is 1.93. The first-order chi connectivity index (χ1) is 16.1. The van der Waals surface area contributed by atoms with Crippen LogP contribution in [0.5, 0.6) is 0 Å². The van der Waals surface area contributed by atoms with Gasteiger partial charge in [-0.25, -0.2) is 0 Å². The summed E-state index contributed by atoms with van der Waals surface area (Å²) in [5.41, 5.74) is -3.40. The zero-order valence-corrected chi connectivity index (χ0v) is 21.1. The quantitative estimate of drug-likeness (QED) is 0.358. The van der Waals surface area contributed by atoms with Gasteiger partial charge in [-0.05, 0) is 24.3 Å². The summed E-state index contributed by atoms with van der Waals surface area (Å²) in [6.45, 7) is 13.0. The monoisotopic (exact) mass is 490 g/mol. The van der Waals surface area contributed by atoms with Gasteiger partial charge in [0.2, 0.25) is 0 Å². The number of esters is 3. The molecule has 0 aromatic carbocycles. The number of allylic oxidation sites excluding steroid dienone is 1. The van der Waals surface area contributed by atoms with E-state index in [0.29, 0.717) is 12.0 Å². The largest absolute Gasteiger partial charge is 0.462 e. The first kappa shape index (κ1) is 25.5.